The molecule has 1 rings (SSSR count). The molecule has 1 aromatic rings. The summed E-state index contributed by atoms with van der Waals surface area (Å²) in [4.78, 5) is 11.9. The molecule has 1 amide bonds. The molecule has 3 nitrogen and oxygen atoms in total. The summed E-state index contributed by atoms with van der Waals surface area (Å²) in [5.41, 5.74) is 0.452. The summed E-state index contributed by atoms with van der Waals surface area (Å²) in [5, 5.41) is 5.67. The average molecular weight is 295 g/mol. The van der Waals surface area contributed by atoms with Gasteiger partial charge < -0.3 is 10.6 Å². The van der Waals surface area contributed by atoms with Crippen LogP contribution in [0.5, 0.6) is 0 Å². The molecule has 2 N–H and O–H groups in total. The third-order valence-electron chi connectivity index (χ3n) is 1.93. The highest BCUT2D eigenvalue weighted by atomic mass is 35.5. The molecule has 0 fully saturated rings. The van der Waals surface area contributed by atoms with Gasteiger partial charge in [-0.15, -0.1) is 11.8 Å². The molecule has 1 aromatic carbocycles. The highest BCUT2D eigenvalue weighted by Gasteiger charge is 2.12. The Kier molecular flexibility index (Phi) is 6.38. The van der Waals surface area contributed by atoms with E-state index in [9.17, 15) is 13.6 Å². The highest BCUT2D eigenvalue weighted by molar-refractivity contribution is 7.99. The first kappa shape index (κ1) is 15.2. The number of rotatable bonds is 6. The van der Waals surface area contributed by atoms with Gasteiger partial charge in [-0.3, -0.25) is 4.79 Å². The molecule has 0 saturated carbocycles. The second-order valence-electron chi connectivity index (χ2n) is 3.40. The maximum absolute atomic E-state index is 12.2. The SMILES string of the molecule is CNCC(=O)Nc1cccc(Cl)c1SCC(F)F. The lowest BCUT2D eigenvalue weighted by atomic mass is 10.3. The van der Waals surface area contributed by atoms with E-state index in [0.29, 0.717) is 15.6 Å². The first-order valence-electron chi connectivity index (χ1n) is 5.18. The molecule has 0 radical (unpaired) electrons. The van der Waals surface area contributed by atoms with Gasteiger partial charge in [0.25, 0.3) is 0 Å². The first-order valence-corrected chi connectivity index (χ1v) is 6.55. The van der Waals surface area contributed by atoms with Crippen LogP contribution in [0.25, 0.3) is 0 Å². The van der Waals surface area contributed by atoms with Crippen LogP contribution in [0, 0.1) is 0 Å². The molecule has 0 saturated heterocycles. The normalized spacial score (nSPS) is 10.7. The van der Waals surface area contributed by atoms with Gasteiger partial charge >= 0.3 is 0 Å². The summed E-state index contributed by atoms with van der Waals surface area (Å²) in [6.45, 7) is 0.144. The minimum Gasteiger partial charge on any atom is -0.324 e. The van der Waals surface area contributed by atoms with Crippen LogP contribution in [-0.2, 0) is 4.79 Å². The van der Waals surface area contributed by atoms with Crippen LogP contribution in [0.15, 0.2) is 23.1 Å². The number of likely N-dealkylation sites (N-methyl/N-ethyl adjacent to an activating group) is 1. The van der Waals surface area contributed by atoms with E-state index in [2.05, 4.69) is 10.6 Å². The molecule has 7 heteroatoms. The van der Waals surface area contributed by atoms with Crippen molar-refractivity contribution in [3.05, 3.63) is 23.2 Å². The summed E-state index contributed by atoms with van der Waals surface area (Å²) in [6, 6.07) is 4.89. The van der Waals surface area contributed by atoms with Crippen LogP contribution in [0.2, 0.25) is 5.02 Å². The third kappa shape index (κ3) is 4.80. The molecule has 0 atom stereocenters. The largest absolute Gasteiger partial charge is 0.324 e. The van der Waals surface area contributed by atoms with E-state index in [1.54, 1.807) is 25.2 Å². The van der Waals surface area contributed by atoms with Crippen molar-refractivity contribution in [3.63, 3.8) is 0 Å². The van der Waals surface area contributed by atoms with Crippen molar-refractivity contribution in [2.45, 2.75) is 11.3 Å². The van der Waals surface area contributed by atoms with Crippen LogP contribution in [0.4, 0.5) is 14.5 Å². The van der Waals surface area contributed by atoms with E-state index in [-0.39, 0.29) is 18.2 Å². The highest BCUT2D eigenvalue weighted by Crippen LogP contribution is 2.34. The van der Waals surface area contributed by atoms with Crippen molar-refractivity contribution >= 4 is 35.0 Å². The molecule has 0 aliphatic carbocycles. The average Bonchev–Trinajstić information content (AvgIpc) is 2.28. The van der Waals surface area contributed by atoms with E-state index in [1.165, 1.54) is 0 Å². The monoisotopic (exact) mass is 294 g/mol. The van der Waals surface area contributed by atoms with Crippen molar-refractivity contribution in [3.8, 4) is 0 Å². The Morgan fingerprint density at radius 1 is 1.50 bits per heavy atom. The molecule has 0 aromatic heterocycles. The Morgan fingerprint density at radius 3 is 2.83 bits per heavy atom. The number of halogens is 3. The number of anilines is 1. The van der Waals surface area contributed by atoms with E-state index < -0.39 is 6.43 Å². The van der Waals surface area contributed by atoms with Gasteiger partial charge in [-0.05, 0) is 19.2 Å². The van der Waals surface area contributed by atoms with Crippen molar-refractivity contribution in [1.82, 2.24) is 5.32 Å². The predicted octanol–water partition coefficient (Wildman–Crippen LogP) is 2.86. The van der Waals surface area contributed by atoms with E-state index in [1.807, 2.05) is 0 Å². The lowest BCUT2D eigenvalue weighted by molar-refractivity contribution is -0.115. The molecule has 0 aliphatic heterocycles. The molecular weight excluding hydrogens is 282 g/mol. The van der Waals surface area contributed by atoms with Gasteiger partial charge in [-0.25, -0.2) is 8.78 Å². The predicted molar refractivity (Wildman–Crippen MR) is 70.7 cm³/mol. The number of hydrogen-bond acceptors (Lipinski definition) is 3. The third-order valence-corrected chi connectivity index (χ3v) is 3.51. The smallest absolute Gasteiger partial charge is 0.247 e. The van der Waals surface area contributed by atoms with Crippen LogP contribution in [-0.4, -0.2) is 31.7 Å². The van der Waals surface area contributed by atoms with Crippen molar-refractivity contribution in [2.24, 2.45) is 0 Å². The Labute approximate surface area is 113 Å². The lowest BCUT2D eigenvalue weighted by Crippen LogP contribution is -2.25. The molecule has 18 heavy (non-hydrogen) atoms. The fourth-order valence-corrected chi connectivity index (χ4v) is 2.37. The minimum absolute atomic E-state index is 0.144. The standard InChI is InChI=1S/C11H13ClF2N2OS/c1-15-5-10(17)16-8-4-2-3-7(12)11(8)18-6-9(13)14/h2-4,9,15H,5-6H2,1H3,(H,16,17). The zero-order valence-electron chi connectivity index (χ0n) is 9.67. The number of carbonyl (C=O) groups is 1. The van der Waals surface area contributed by atoms with Gasteiger partial charge in [0.05, 0.1) is 23.0 Å². The van der Waals surface area contributed by atoms with Crippen molar-refractivity contribution < 1.29 is 13.6 Å². The Bertz CT molecular complexity index is 418. The van der Waals surface area contributed by atoms with Gasteiger partial charge in [0.15, 0.2) is 0 Å². The van der Waals surface area contributed by atoms with Gasteiger partial charge in [-0.2, -0.15) is 0 Å². The lowest BCUT2D eigenvalue weighted by Gasteiger charge is -2.12. The zero-order valence-corrected chi connectivity index (χ0v) is 11.2. The molecule has 0 spiro atoms. The van der Waals surface area contributed by atoms with Gasteiger partial charge in [0, 0.05) is 4.90 Å². The van der Waals surface area contributed by atoms with Gasteiger partial charge in [-0.1, -0.05) is 17.7 Å². The second-order valence-corrected chi connectivity index (χ2v) is 4.83. The summed E-state index contributed by atoms with van der Waals surface area (Å²) in [7, 11) is 1.64. The molecular formula is C11H13ClF2N2OS. The maximum atomic E-state index is 12.2. The van der Waals surface area contributed by atoms with Crippen LogP contribution >= 0.6 is 23.4 Å². The van der Waals surface area contributed by atoms with Gasteiger partial charge in [0.2, 0.25) is 12.3 Å². The zero-order chi connectivity index (χ0) is 13.5. The Morgan fingerprint density at radius 2 is 2.22 bits per heavy atom. The van der Waals surface area contributed by atoms with E-state index in [0.717, 1.165) is 11.8 Å². The van der Waals surface area contributed by atoms with Crippen LogP contribution in [0.3, 0.4) is 0 Å². The quantitative estimate of drug-likeness (QED) is 0.793. The molecule has 0 aliphatic rings. The first-order chi connectivity index (χ1) is 8.54. The topological polar surface area (TPSA) is 41.1 Å². The Hall–Kier alpha value is -0.850. The number of carbonyl (C=O) groups excluding carboxylic acids is 1. The number of alkyl halides is 2. The maximum Gasteiger partial charge on any atom is 0.247 e. The molecule has 0 bridgehead atoms. The number of hydrogen-bond donors (Lipinski definition) is 2. The fraction of sp³-hybridized carbons (Fsp3) is 0.364. The van der Waals surface area contributed by atoms with E-state index >= 15 is 0 Å². The number of thioether (sulfide) groups is 1. The fourth-order valence-electron chi connectivity index (χ4n) is 1.26. The van der Waals surface area contributed by atoms with Crippen LogP contribution < -0.4 is 10.6 Å². The summed E-state index contributed by atoms with van der Waals surface area (Å²) in [6.07, 6.45) is -2.42. The molecule has 0 unspecified atom stereocenters. The second kappa shape index (κ2) is 7.56. The molecule has 100 valence electrons. The summed E-state index contributed by atoms with van der Waals surface area (Å²) >= 11 is 6.87. The summed E-state index contributed by atoms with van der Waals surface area (Å²) < 4.78 is 24.4. The van der Waals surface area contributed by atoms with E-state index in [4.69, 9.17) is 11.6 Å². The number of benzene rings is 1. The van der Waals surface area contributed by atoms with Crippen molar-refractivity contribution in [2.75, 3.05) is 24.7 Å². The summed E-state index contributed by atoms with van der Waals surface area (Å²) in [5.74, 6) is -0.614. The van der Waals surface area contributed by atoms with Gasteiger partial charge in [0.1, 0.15) is 0 Å². The van der Waals surface area contributed by atoms with Crippen molar-refractivity contribution in [1.29, 1.82) is 0 Å². The van der Waals surface area contributed by atoms with Crippen LogP contribution in [0.1, 0.15) is 0 Å². The number of amides is 1. The molecule has 0 heterocycles. The Balaban J connectivity index is 2.82. The number of nitrogens with one attached hydrogen (secondary N) is 2. The minimum atomic E-state index is -2.42.